The molecule has 0 fully saturated rings. The van der Waals surface area contributed by atoms with Crippen LogP contribution in [0.15, 0.2) is 65.6 Å². The molecule has 0 amide bonds. The fourth-order valence-corrected chi connectivity index (χ4v) is 3.69. The van der Waals surface area contributed by atoms with Gasteiger partial charge in [0.1, 0.15) is 5.75 Å². The summed E-state index contributed by atoms with van der Waals surface area (Å²) in [4.78, 5) is 0.193. The SMILES string of the molecule is COc1ccc(NS(=O)(=O)c2cccc3c(N)cccc23)cc1. The summed E-state index contributed by atoms with van der Waals surface area (Å²) in [5, 5.41) is 1.30. The fraction of sp³-hybridized carbons (Fsp3) is 0.0588. The minimum atomic E-state index is -3.72. The Labute approximate surface area is 134 Å². The zero-order chi connectivity index (χ0) is 16.4. The maximum absolute atomic E-state index is 12.7. The summed E-state index contributed by atoms with van der Waals surface area (Å²) in [5.41, 5.74) is 6.93. The predicted molar refractivity (Wildman–Crippen MR) is 92.2 cm³/mol. The summed E-state index contributed by atoms with van der Waals surface area (Å²) in [5.74, 6) is 0.658. The minimum Gasteiger partial charge on any atom is -0.497 e. The normalized spacial score (nSPS) is 11.3. The number of methoxy groups -OCH3 is 1. The predicted octanol–water partition coefficient (Wildman–Crippen LogP) is 3.23. The number of nitrogens with one attached hydrogen (secondary N) is 1. The van der Waals surface area contributed by atoms with Gasteiger partial charge in [-0.1, -0.05) is 24.3 Å². The number of sulfonamides is 1. The Kier molecular flexibility index (Phi) is 3.83. The second-order valence-corrected chi connectivity index (χ2v) is 6.68. The van der Waals surface area contributed by atoms with Gasteiger partial charge in [-0.25, -0.2) is 8.42 Å². The number of hydrogen-bond acceptors (Lipinski definition) is 4. The molecular formula is C17H16N2O3S. The summed E-state index contributed by atoms with van der Waals surface area (Å²) in [6.07, 6.45) is 0. The van der Waals surface area contributed by atoms with E-state index in [9.17, 15) is 8.42 Å². The van der Waals surface area contributed by atoms with E-state index in [1.165, 1.54) is 0 Å². The van der Waals surface area contributed by atoms with Crippen LogP contribution in [0.3, 0.4) is 0 Å². The molecule has 0 aliphatic rings. The summed E-state index contributed by atoms with van der Waals surface area (Å²) in [7, 11) is -2.17. The van der Waals surface area contributed by atoms with Gasteiger partial charge in [0.15, 0.2) is 0 Å². The second-order valence-electron chi connectivity index (χ2n) is 5.03. The van der Waals surface area contributed by atoms with Crippen molar-refractivity contribution in [3.8, 4) is 5.75 Å². The summed E-state index contributed by atoms with van der Waals surface area (Å²) >= 11 is 0. The van der Waals surface area contributed by atoms with Gasteiger partial charge in [-0.3, -0.25) is 4.72 Å². The lowest BCUT2D eigenvalue weighted by atomic mass is 10.1. The van der Waals surface area contributed by atoms with E-state index in [-0.39, 0.29) is 4.90 Å². The number of fused-ring (bicyclic) bond motifs is 1. The maximum Gasteiger partial charge on any atom is 0.262 e. The molecule has 0 aliphatic carbocycles. The number of hydrogen-bond donors (Lipinski definition) is 2. The summed E-state index contributed by atoms with van der Waals surface area (Å²) in [6.45, 7) is 0. The van der Waals surface area contributed by atoms with E-state index in [2.05, 4.69) is 4.72 Å². The lowest BCUT2D eigenvalue weighted by Crippen LogP contribution is -2.13. The highest BCUT2D eigenvalue weighted by molar-refractivity contribution is 7.93. The lowest BCUT2D eigenvalue weighted by Gasteiger charge is -2.12. The molecule has 0 unspecified atom stereocenters. The van der Waals surface area contributed by atoms with Gasteiger partial charge in [0, 0.05) is 22.1 Å². The Morgan fingerprint density at radius 2 is 1.57 bits per heavy atom. The number of nitrogen functional groups attached to an aromatic ring is 1. The Morgan fingerprint density at radius 3 is 2.26 bits per heavy atom. The Balaban J connectivity index is 2.04. The third kappa shape index (κ3) is 2.93. The largest absolute Gasteiger partial charge is 0.497 e. The van der Waals surface area contributed by atoms with Crippen LogP contribution in [0.5, 0.6) is 5.75 Å². The zero-order valence-corrected chi connectivity index (χ0v) is 13.3. The van der Waals surface area contributed by atoms with Crippen LogP contribution in [-0.2, 0) is 10.0 Å². The first-order chi connectivity index (χ1) is 11.0. The number of benzene rings is 3. The van der Waals surface area contributed by atoms with Crippen LogP contribution in [0.2, 0.25) is 0 Å². The molecule has 3 N–H and O–H groups in total. The number of ether oxygens (including phenoxy) is 1. The lowest BCUT2D eigenvalue weighted by molar-refractivity contribution is 0.415. The van der Waals surface area contributed by atoms with E-state index in [1.807, 2.05) is 0 Å². The van der Waals surface area contributed by atoms with Crippen molar-refractivity contribution in [1.82, 2.24) is 0 Å². The van der Waals surface area contributed by atoms with Gasteiger partial charge in [-0.05, 0) is 36.4 Å². The summed E-state index contributed by atoms with van der Waals surface area (Å²) in [6, 6.07) is 17.0. The third-order valence-corrected chi connectivity index (χ3v) is 4.99. The van der Waals surface area contributed by atoms with Gasteiger partial charge in [-0.2, -0.15) is 0 Å². The van der Waals surface area contributed by atoms with Crippen molar-refractivity contribution < 1.29 is 13.2 Å². The van der Waals surface area contributed by atoms with Crippen LogP contribution in [0.25, 0.3) is 10.8 Å². The topological polar surface area (TPSA) is 81.4 Å². The van der Waals surface area contributed by atoms with Crippen molar-refractivity contribution in [1.29, 1.82) is 0 Å². The molecule has 3 aromatic rings. The molecule has 0 heterocycles. The van der Waals surface area contributed by atoms with E-state index in [4.69, 9.17) is 10.5 Å². The van der Waals surface area contributed by atoms with Crippen molar-refractivity contribution in [2.24, 2.45) is 0 Å². The first-order valence-corrected chi connectivity index (χ1v) is 8.44. The minimum absolute atomic E-state index is 0.193. The van der Waals surface area contributed by atoms with E-state index < -0.39 is 10.0 Å². The van der Waals surface area contributed by atoms with Crippen LogP contribution in [0, 0.1) is 0 Å². The molecule has 0 aliphatic heterocycles. The van der Waals surface area contributed by atoms with Crippen molar-refractivity contribution >= 4 is 32.2 Å². The van der Waals surface area contributed by atoms with Crippen LogP contribution < -0.4 is 15.2 Å². The van der Waals surface area contributed by atoms with Gasteiger partial charge < -0.3 is 10.5 Å². The first kappa shape index (κ1) is 15.2. The zero-order valence-electron chi connectivity index (χ0n) is 12.5. The van der Waals surface area contributed by atoms with E-state index in [0.717, 1.165) is 0 Å². The molecule has 0 saturated carbocycles. The standard InChI is InChI=1S/C17H16N2O3S/c1-22-13-10-8-12(9-11-13)19-23(20,21)17-7-3-4-14-15(17)5-2-6-16(14)18/h2-11,19H,18H2,1H3. The molecule has 0 saturated heterocycles. The average molecular weight is 328 g/mol. The number of anilines is 2. The van der Waals surface area contributed by atoms with Gasteiger partial charge >= 0.3 is 0 Å². The fourth-order valence-electron chi connectivity index (χ4n) is 2.41. The Morgan fingerprint density at radius 1 is 0.913 bits per heavy atom. The van der Waals surface area contributed by atoms with Crippen LogP contribution in [0.1, 0.15) is 0 Å². The molecule has 0 aromatic heterocycles. The molecule has 118 valence electrons. The van der Waals surface area contributed by atoms with Crippen molar-refractivity contribution in [2.75, 3.05) is 17.6 Å². The molecular weight excluding hydrogens is 312 g/mol. The third-order valence-electron chi connectivity index (χ3n) is 3.55. The second kappa shape index (κ2) is 5.81. The van der Waals surface area contributed by atoms with E-state index >= 15 is 0 Å². The first-order valence-electron chi connectivity index (χ1n) is 6.95. The van der Waals surface area contributed by atoms with E-state index in [0.29, 0.717) is 27.9 Å². The maximum atomic E-state index is 12.7. The monoisotopic (exact) mass is 328 g/mol. The van der Waals surface area contributed by atoms with Gasteiger partial charge in [-0.15, -0.1) is 0 Å². The average Bonchev–Trinajstić information content (AvgIpc) is 2.55. The van der Waals surface area contributed by atoms with Crippen molar-refractivity contribution in [3.63, 3.8) is 0 Å². The highest BCUT2D eigenvalue weighted by atomic mass is 32.2. The van der Waals surface area contributed by atoms with Crippen LogP contribution >= 0.6 is 0 Å². The molecule has 0 bridgehead atoms. The Hall–Kier alpha value is -2.73. The van der Waals surface area contributed by atoms with Gasteiger partial charge in [0.2, 0.25) is 0 Å². The summed E-state index contributed by atoms with van der Waals surface area (Å²) < 4.78 is 33.0. The van der Waals surface area contributed by atoms with E-state index in [1.54, 1.807) is 67.8 Å². The molecule has 3 aromatic carbocycles. The molecule has 6 heteroatoms. The quantitative estimate of drug-likeness (QED) is 0.721. The van der Waals surface area contributed by atoms with Gasteiger partial charge in [0.05, 0.1) is 12.0 Å². The number of nitrogens with two attached hydrogens (primary N) is 1. The number of rotatable bonds is 4. The van der Waals surface area contributed by atoms with Crippen LogP contribution in [0.4, 0.5) is 11.4 Å². The van der Waals surface area contributed by atoms with Crippen LogP contribution in [-0.4, -0.2) is 15.5 Å². The molecule has 0 spiro atoms. The molecule has 0 radical (unpaired) electrons. The smallest absolute Gasteiger partial charge is 0.262 e. The van der Waals surface area contributed by atoms with Crippen molar-refractivity contribution in [3.05, 3.63) is 60.7 Å². The van der Waals surface area contributed by atoms with Crippen molar-refractivity contribution in [2.45, 2.75) is 4.90 Å². The molecule has 0 atom stereocenters. The highest BCUT2D eigenvalue weighted by Gasteiger charge is 2.18. The Bertz CT molecular complexity index is 951. The molecule has 3 rings (SSSR count). The highest BCUT2D eigenvalue weighted by Crippen LogP contribution is 2.28. The van der Waals surface area contributed by atoms with Gasteiger partial charge in [0.25, 0.3) is 10.0 Å². The molecule has 23 heavy (non-hydrogen) atoms. The molecule has 5 nitrogen and oxygen atoms in total.